The summed E-state index contributed by atoms with van der Waals surface area (Å²) in [4.78, 5) is 25.8. The summed E-state index contributed by atoms with van der Waals surface area (Å²) in [5, 5.41) is 0. The lowest BCUT2D eigenvalue weighted by atomic mass is 10.1. The van der Waals surface area contributed by atoms with Crippen molar-refractivity contribution >= 4 is 22.8 Å². The Morgan fingerprint density at radius 1 is 1.16 bits per heavy atom. The van der Waals surface area contributed by atoms with Crippen LogP contribution >= 0.6 is 0 Å². The molecule has 0 N–H and O–H groups in total. The summed E-state index contributed by atoms with van der Waals surface area (Å²) in [6, 6.07) is 2.22. The van der Waals surface area contributed by atoms with Gasteiger partial charge in [0.2, 0.25) is 5.91 Å². The first-order chi connectivity index (χ1) is 15.4. The molecule has 1 amide bonds. The highest BCUT2D eigenvalue weighted by molar-refractivity contribution is 5.79. The molecule has 6 nitrogen and oxygen atoms in total. The number of carbonyl (C=O) groups is 1. The van der Waals surface area contributed by atoms with E-state index in [1.54, 1.807) is 0 Å². The summed E-state index contributed by atoms with van der Waals surface area (Å²) in [6.45, 7) is 8.30. The number of fused-ring (bicyclic) bond motifs is 1. The van der Waals surface area contributed by atoms with Gasteiger partial charge in [-0.25, -0.2) is 18.7 Å². The number of amides is 1. The van der Waals surface area contributed by atoms with Gasteiger partial charge in [-0.1, -0.05) is 26.7 Å². The van der Waals surface area contributed by atoms with E-state index in [0.717, 1.165) is 31.4 Å². The molecule has 2 aliphatic rings. The number of rotatable bonds is 7. The second-order valence-corrected chi connectivity index (χ2v) is 9.24. The molecule has 0 bridgehead atoms. The fraction of sp³-hybridized carbons (Fsp3) is 0.625. The first-order valence-corrected chi connectivity index (χ1v) is 11.7. The quantitative estimate of drug-likeness (QED) is 0.624. The molecule has 1 aliphatic carbocycles. The molecule has 32 heavy (non-hydrogen) atoms. The molecule has 1 aliphatic heterocycles. The number of aromatic nitrogens is 2. The van der Waals surface area contributed by atoms with Crippen molar-refractivity contribution in [1.29, 1.82) is 0 Å². The van der Waals surface area contributed by atoms with Gasteiger partial charge in [0.05, 0.1) is 23.7 Å². The molecule has 2 aromatic rings. The van der Waals surface area contributed by atoms with Crippen LogP contribution in [0, 0.1) is 23.5 Å². The zero-order chi connectivity index (χ0) is 22.8. The van der Waals surface area contributed by atoms with E-state index in [1.165, 1.54) is 12.8 Å². The Morgan fingerprint density at radius 2 is 1.81 bits per heavy atom. The predicted molar refractivity (Wildman–Crippen MR) is 120 cm³/mol. The fourth-order valence-corrected chi connectivity index (χ4v) is 4.82. The standard InChI is InChI=1S/C24H32F2N4O2/c1-4-30(24(31)15(2)3)17-9-10-29(13-17)22-23(32-14-16-7-5-6-8-16)28-21-12-19(26)18(25)11-20(21)27-22/h11-12,15-17H,4-10,13-14H2,1-3H3/t17-/m0/s1. The van der Waals surface area contributed by atoms with Gasteiger partial charge in [-0.05, 0) is 32.1 Å². The molecule has 1 aromatic heterocycles. The highest BCUT2D eigenvalue weighted by Gasteiger charge is 2.33. The molecule has 0 spiro atoms. The molecule has 1 aromatic carbocycles. The van der Waals surface area contributed by atoms with Crippen LogP contribution in [0.1, 0.15) is 52.9 Å². The third-order valence-corrected chi connectivity index (χ3v) is 6.61. The second kappa shape index (κ2) is 9.55. The molecule has 4 rings (SSSR count). The number of likely N-dealkylation sites (N-methyl/N-ethyl adjacent to an activating group) is 1. The van der Waals surface area contributed by atoms with Crippen molar-refractivity contribution in [2.24, 2.45) is 11.8 Å². The van der Waals surface area contributed by atoms with Gasteiger partial charge in [0.1, 0.15) is 0 Å². The van der Waals surface area contributed by atoms with Gasteiger partial charge in [-0.15, -0.1) is 0 Å². The van der Waals surface area contributed by atoms with Crippen molar-refractivity contribution < 1.29 is 18.3 Å². The summed E-state index contributed by atoms with van der Waals surface area (Å²) in [5.41, 5.74) is 0.566. The lowest BCUT2D eigenvalue weighted by Gasteiger charge is -2.30. The van der Waals surface area contributed by atoms with Crippen LogP contribution in [-0.2, 0) is 4.79 Å². The molecule has 1 atom stereocenters. The van der Waals surface area contributed by atoms with E-state index in [9.17, 15) is 13.6 Å². The van der Waals surface area contributed by atoms with E-state index >= 15 is 0 Å². The van der Waals surface area contributed by atoms with Crippen molar-refractivity contribution in [3.63, 3.8) is 0 Å². The van der Waals surface area contributed by atoms with Crippen LogP contribution in [0.2, 0.25) is 0 Å². The molecular formula is C24H32F2N4O2. The minimum absolute atomic E-state index is 0.0624. The topological polar surface area (TPSA) is 58.6 Å². The molecule has 0 radical (unpaired) electrons. The SMILES string of the molecule is CCN(C(=O)C(C)C)[C@H]1CCN(c2nc3cc(F)c(F)cc3nc2OCC2CCCC2)C1. The highest BCUT2D eigenvalue weighted by atomic mass is 19.2. The van der Waals surface area contributed by atoms with E-state index in [4.69, 9.17) is 4.74 Å². The summed E-state index contributed by atoms with van der Waals surface area (Å²) >= 11 is 0. The Labute approximate surface area is 188 Å². The Morgan fingerprint density at radius 3 is 2.44 bits per heavy atom. The number of hydrogen-bond acceptors (Lipinski definition) is 5. The molecular weight excluding hydrogens is 414 g/mol. The molecule has 174 valence electrons. The number of benzene rings is 1. The third kappa shape index (κ3) is 4.64. The van der Waals surface area contributed by atoms with Crippen LogP contribution in [0.4, 0.5) is 14.6 Å². The maximum atomic E-state index is 13.9. The number of anilines is 1. The third-order valence-electron chi connectivity index (χ3n) is 6.61. The minimum Gasteiger partial charge on any atom is -0.475 e. The zero-order valence-corrected chi connectivity index (χ0v) is 19.1. The van der Waals surface area contributed by atoms with Crippen LogP contribution in [0.15, 0.2) is 12.1 Å². The van der Waals surface area contributed by atoms with Gasteiger partial charge >= 0.3 is 0 Å². The van der Waals surface area contributed by atoms with Crippen LogP contribution < -0.4 is 9.64 Å². The van der Waals surface area contributed by atoms with Crippen LogP contribution in [0.25, 0.3) is 11.0 Å². The van der Waals surface area contributed by atoms with E-state index in [0.29, 0.717) is 49.4 Å². The van der Waals surface area contributed by atoms with Crippen LogP contribution in [-0.4, -0.2) is 53.1 Å². The largest absolute Gasteiger partial charge is 0.475 e. The summed E-state index contributed by atoms with van der Waals surface area (Å²) in [7, 11) is 0. The molecule has 0 unspecified atom stereocenters. The maximum Gasteiger partial charge on any atom is 0.258 e. The lowest BCUT2D eigenvalue weighted by Crippen LogP contribution is -2.43. The summed E-state index contributed by atoms with van der Waals surface area (Å²) in [6.07, 6.45) is 5.49. The van der Waals surface area contributed by atoms with Gasteiger partial charge in [0.25, 0.3) is 5.88 Å². The minimum atomic E-state index is -0.951. The average molecular weight is 447 g/mol. The molecule has 2 heterocycles. The van der Waals surface area contributed by atoms with Gasteiger partial charge in [0, 0.05) is 37.7 Å². The maximum absolute atomic E-state index is 13.9. The monoisotopic (exact) mass is 446 g/mol. The molecule has 2 fully saturated rings. The summed E-state index contributed by atoms with van der Waals surface area (Å²) < 4.78 is 33.8. The first kappa shape index (κ1) is 22.7. The first-order valence-electron chi connectivity index (χ1n) is 11.7. The Balaban J connectivity index is 1.62. The molecule has 1 saturated heterocycles. The van der Waals surface area contributed by atoms with E-state index in [-0.39, 0.29) is 23.4 Å². The van der Waals surface area contributed by atoms with Crippen molar-refractivity contribution in [3.8, 4) is 5.88 Å². The number of hydrogen-bond donors (Lipinski definition) is 0. The second-order valence-electron chi connectivity index (χ2n) is 9.24. The summed E-state index contributed by atoms with van der Waals surface area (Å²) in [5.74, 6) is -0.446. The molecule has 1 saturated carbocycles. The van der Waals surface area contributed by atoms with Gasteiger partial charge in [-0.3, -0.25) is 4.79 Å². The van der Waals surface area contributed by atoms with E-state index < -0.39 is 11.6 Å². The van der Waals surface area contributed by atoms with Crippen molar-refractivity contribution in [1.82, 2.24) is 14.9 Å². The van der Waals surface area contributed by atoms with Gasteiger partial charge in [0.15, 0.2) is 17.5 Å². The van der Waals surface area contributed by atoms with Crippen molar-refractivity contribution in [3.05, 3.63) is 23.8 Å². The Kier molecular flexibility index (Phi) is 6.76. The lowest BCUT2D eigenvalue weighted by molar-refractivity contribution is -0.136. The number of nitrogens with zero attached hydrogens (tertiary/aromatic N) is 4. The fourth-order valence-electron chi connectivity index (χ4n) is 4.82. The predicted octanol–water partition coefficient (Wildman–Crippen LogP) is 4.56. The van der Waals surface area contributed by atoms with Crippen LogP contribution in [0.3, 0.4) is 0 Å². The Hall–Kier alpha value is -2.51. The van der Waals surface area contributed by atoms with Crippen LogP contribution in [0.5, 0.6) is 5.88 Å². The number of carbonyl (C=O) groups excluding carboxylic acids is 1. The van der Waals surface area contributed by atoms with Crippen molar-refractivity contribution in [2.75, 3.05) is 31.1 Å². The van der Waals surface area contributed by atoms with Gasteiger partial charge < -0.3 is 14.5 Å². The van der Waals surface area contributed by atoms with Gasteiger partial charge in [-0.2, -0.15) is 0 Å². The average Bonchev–Trinajstić information content (AvgIpc) is 3.45. The van der Waals surface area contributed by atoms with E-state index in [1.807, 2.05) is 25.7 Å². The van der Waals surface area contributed by atoms with E-state index in [2.05, 4.69) is 14.9 Å². The smallest absolute Gasteiger partial charge is 0.258 e. The Bertz CT molecular complexity index is 978. The number of ether oxygens (including phenoxy) is 1. The molecule has 8 heteroatoms. The zero-order valence-electron chi connectivity index (χ0n) is 19.1. The highest BCUT2D eigenvalue weighted by Crippen LogP contribution is 2.33. The van der Waals surface area contributed by atoms with Crippen molar-refractivity contribution in [2.45, 2.75) is 58.9 Å². The number of halogens is 2. The normalized spacial score (nSPS) is 19.3.